The van der Waals surface area contributed by atoms with Gasteiger partial charge in [-0.25, -0.2) is 0 Å². The molecule has 0 saturated heterocycles. The molecule has 0 atom stereocenters. The van der Waals surface area contributed by atoms with E-state index in [0.717, 1.165) is 16.8 Å². The Morgan fingerprint density at radius 3 is 2.44 bits per heavy atom. The summed E-state index contributed by atoms with van der Waals surface area (Å²) in [4.78, 5) is 10.9. The number of carbonyl (C=O) groups excluding carboxylic acids is 1. The first kappa shape index (κ1) is 19.4. The minimum Gasteiger partial charge on any atom is -0.462 e. The molecule has 2 aromatic rings. The molecule has 0 bridgehead atoms. The molecule has 0 radical (unpaired) electrons. The summed E-state index contributed by atoms with van der Waals surface area (Å²) in [7, 11) is 0. The maximum Gasteiger partial charge on any atom is 0.302 e. The summed E-state index contributed by atoms with van der Waals surface area (Å²) in [6, 6.07) is 8.61. The van der Waals surface area contributed by atoms with Gasteiger partial charge in [-0.15, -0.1) is 0 Å². The molecule has 1 aliphatic carbocycles. The predicted molar refractivity (Wildman–Crippen MR) is 108 cm³/mol. The van der Waals surface area contributed by atoms with Crippen LogP contribution in [0.3, 0.4) is 0 Å². The van der Waals surface area contributed by atoms with E-state index in [4.69, 9.17) is 9.26 Å². The first-order valence-corrected chi connectivity index (χ1v) is 9.53. The number of fused-ring (bicyclic) bond motifs is 1. The minimum atomic E-state index is -0.295. The summed E-state index contributed by atoms with van der Waals surface area (Å²) < 4.78 is 10.5. The van der Waals surface area contributed by atoms with Gasteiger partial charge in [0.15, 0.2) is 5.76 Å². The van der Waals surface area contributed by atoms with Crippen molar-refractivity contribution in [1.29, 1.82) is 0 Å². The Hall–Kier alpha value is -2.36. The van der Waals surface area contributed by atoms with Crippen molar-refractivity contribution >= 4 is 11.5 Å². The highest BCUT2D eigenvalue weighted by molar-refractivity contribution is 5.69. The monoisotopic (exact) mass is 367 g/mol. The fourth-order valence-corrected chi connectivity index (χ4v) is 3.73. The van der Waals surface area contributed by atoms with Crippen LogP contribution in [0.4, 0.5) is 0 Å². The zero-order valence-corrected chi connectivity index (χ0v) is 17.2. The van der Waals surface area contributed by atoms with Gasteiger partial charge >= 0.3 is 5.97 Å². The molecule has 144 valence electrons. The molecule has 1 aliphatic rings. The van der Waals surface area contributed by atoms with Crippen LogP contribution in [0.2, 0.25) is 0 Å². The van der Waals surface area contributed by atoms with E-state index in [1.165, 1.54) is 30.9 Å². The second-order valence-corrected chi connectivity index (χ2v) is 8.79. The third kappa shape index (κ3) is 4.00. The number of ether oxygens (including phenoxy) is 1. The average molecular weight is 367 g/mol. The van der Waals surface area contributed by atoms with E-state index in [1.54, 1.807) is 0 Å². The average Bonchev–Trinajstić information content (AvgIpc) is 3.08. The highest BCUT2D eigenvalue weighted by atomic mass is 16.5. The molecule has 1 aromatic heterocycles. The molecule has 27 heavy (non-hydrogen) atoms. The van der Waals surface area contributed by atoms with Crippen molar-refractivity contribution < 1.29 is 14.1 Å². The second-order valence-electron chi connectivity index (χ2n) is 8.79. The fourth-order valence-electron chi connectivity index (χ4n) is 3.73. The molecule has 3 rings (SSSR count). The van der Waals surface area contributed by atoms with Crippen LogP contribution in [0.1, 0.15) is 71.3 Å². The van der Waals surface area contributed by atoms with Crippen LogP contribution in [-0.4, -0.2) is 17.7 Å². The molecule has 0 amide bonds. The third-order valence-electron chi connectivity index (χ3n) is 5.72. The van der Waals surface area contributed by atoms with E-state index in [1.807, 2.05) is 19.1 Å². The van der Waals surface area contributed by atoms with Crippen LogP contribution in [0.5, 0.6) is 0 Å². The molecule has 0 saturated carbocycles. The van der Waals surface area contributed by atoms with Gasteiger partial charge in [-0.1, -0.05) is 45.0 Å². The molecule has 0 spiro atoms. The summed E-state index contributed by atoms with van der Waals surface area (Å²) in [5, 5.41) is 4.26. The Morgan fingerprint density at radius 1 is 1.11 bits per heavy atom. The molecule has 0 aliphatic heterocycles. The van der Waals surface area contributed by atoms with Crippen molar-refractivity contribution in [3.8, 4) is 11.3 Å². The topological polar surface area (TPSA) is 52.3 Å². The standard InChI is InChI=1S/C23H29NO3/c1-15(9-12-26-16(2)25)21-14-20(24-27-21)17-7-8-18-19(13-17)23(5,6)11-10-22(18,3)4/h7-9,13-14H,10-12H2,1-6H3/b15-9+. The van der Waals surface area contributed by atoms with Crippen LogP contribution in [0.25, 0.3) is 16.8 Å². The highest BCUT2D eigenvalue weighted by Gasteiger charge is 2.37. The number of allylic oxidation sites excluding steroid dienone is 1. The van der Waals surface area contributed by atoms with E-state index in [9.17, 15) is 4.79 Å². The zero-order valence-electron chi connectivity index (χ0n) is 17.2. The van der Waals surface area contributed by atoms with Crippen LogP contribution >= 0.6 is 0 Å². The van der Waals surface area contributed by atoms with Crippen molar-refractivity contribution in [3.63, 3.8) is 0 Å². The molecule has 1 heterocycles. The van der Waals surface area contributed by atoms with E-state index >= 15 is 0 Å². The van der Waals surface area contributed by atoms with E-state index in [-0.39, 0.29) is 23.4 Å². The number of hydrogen-bond acceptors (Lipinski definition) is 4. The van der Waals surface area contributed by atoms with Gasteiger partial charge in [0.1, 0.15) is 12.3 Å². The number of rotatable bonds is 4. The van der Waals surface area contributed by atoms with Gasteiger partial charge in [0.05, 0.1) is 0 Å². The number of benzene rings is 1. The van der Waals surface area contributed by atoms with Crippen molar-refractivity contribution in [3.05, 3.63) is 47.2 Å². The van der Waals surface area contributed by atoms with Gasteiger partial charge in [0, 0.05) is 18.6 Å². The van der Waals surface area contributed by atoms with E-state index in [2.05, 4.69) is 51.1 Å². The van der Waals surface area contributed by atoms with Gasteiger partial charge in [-0.2, -0.15) is 0 Å². The smallest absolute Gasteiger partial charge is 0.302 e. The summed E-state index contributed by atoms with van der Waals surface area (Å²) in [6.07, 6.45) is 4.20. The van der Waals surface area contributed by atoms with Crippen molar-refractivity contribution in [1.82, 2.24) is 5.16 Å². The molecule has 0 unspecified atom stereocenters. The molecule has 0 fully saturated rings. The SMILES string of the molecule is CC(=O)OC/C=C(\C)c1cc(-c2ccc3c(c2)C(C)(C)CCC3(C)C)no1. The number of hydrogen-bond donors (Lipinski definition) is 0. The van der Waals surface area contributed by atoms with Crippen molar-refractivity contribution in [2.45, 2.75) is 65.2 Å². The Balaban J connectivity index is 1.91. The van der Waals surface area contributed by atoms with Gasteiger partial charge in [-0.3, -0.25) is 4.79 Å². The lowest BCUT2D eigenvalue weighted by Gasteiger charge is -2.42. The van der Waals surface area contributed by atoms with Crippen LogP contribution < -0.4 is 0 Å². The Labute approximate surface area is 161 Å². The lowest BCUT2D eigenvalue weighted by atomic mass is 9.63. The molecule has 1 aromatic carbocycles. The lowest BCUT2D eigenvalue weighted by molar-refractivity contribution is -0.139. The number of nitrogens with zero attached hydrogens (tertiary/aromatic N) is 1. The zero-order chi connectivity index (χ0) is 19.8. The Bertz CT molecular complexity index is 887. The maximum atomic E-state index is 10.9. The maximum absolute atomic E-state index is 10.9. The first-order chi connectivity index (χ1) is 12.6. The van der Waals surface area contributed by atoms with Gasteiger partial charge in [0.2, 0.25) is 0 Å². The fraction of sp³-hybridized carbons (Fsp3) is 0.478. The largest absolute Gasteiger partial charge is 0.462 e. The molecular weight excluding hydrogens is 338 g/mol. The highest BCUT2D eigenvalue weighted by Crippen LogP contribution is 2.46. The number of carbonyl (C=O) groups is 1. The first-order valence-electron chi connectivity index (χ1n) is 9.53. The van der Waals surface area contributed by atoms with Crippen LogP contribution in [0.15, 0.2) is 34.9 Å². The van der Waals surface area contributed by atoms with Crippen molar-refractivity contribution in [2.75, 3.05) is 6.61 Å². The summed E-state index contributed by atoms with van der Waals surface area (Å²) in [6.45, 7) is 12.8. The quantitative estimate of drug-likeness (QED) is 0.655. The predicted octanol–water partition coefficient (Wildman–Crippen LogP) is 5.66. The Kier molecular flexibility index (Phi) is 5.02. The molecule has 4 heteroatoms. The van der Waals surface area contributed by atoms with Gasteiger partial charge in [0.25, 0.3) is 0 Å². The lowest BCUT2D eigenvalue weighted by Crippen LogP contribution is -2.33. The summed E-state index contributed by atoms with van der Waals surface area (Å²) in [5.74, 6) is 0.395. The minimum absolute atomic E-state index is 0.160. The van der Waals surface area contributed by atoms with Crippen molar-refractivity contribution in [2.24, 2.45) is 0 Å². The van der Waals surface area contributed by atoms with Crippen LogP contribution in [0, 0.1) is 0 Å². The Morgan fingerprint density at radius 2 is 1.78 bits per heavy atom. The number of esters is 1. The van der Waals surface area contributed by atoms with E-state index in [0.29, 0.717) is 5.76 Å². The molecular formula is C23H29NO3. The second kappa shape index (κ2) is 6.99. The molecule has 4 nitrogen and oxygen atoms in total. The third-order valence-corrected chi connectivity index (χ3v) is 5.72. The number of aromatic nitrogens is 1. The van der Waals surface area contributed by atoms with Gasteiger partial charge < -0.3 is 9.26 Å². The summed E-state index contributed by atoms with van der Waals surface area (Å²) >= 11 is 0. The van der Waals surface area contributed by atoms with Crippen LogP contribution in [-0.2, 0) is 20.4 Å². The normalized spacial score (nSPS) is 18.1. The van der Waals surface area contributed by atoms with Gasteiger partial charge in [-0.05, 0) is 59.4 Å². The molecule has 0 N–H and O–H groups in total. The van der Waals surface area contributed by atoms with E-state index < -0.39 is 0 Å². The summed E-state index contributed by atoms with van der Waals surface area (Å²) in [5.41, 5.74) is 6.00.